The second kappa shape index (κ2) is 5.74. The van der Waals surface area contributed by atoms with Gasteiger partial charge in [-0.15, -0.1) is 0 Å². The number of carbonyl (C=O) groups is 1. The second-order valence-corrected chi connectivity index (χ2v) is 5.66. The first-order valence-corrected chi connectivity index (χ1v) is 7.32. The van der Waals surface area contributed by atoms with Crippen LogP contribution in [0.3, 0.4) is 0 Å². The molecule has 0 unspecified atom stereocenters. The lowest BCUT2D eigenvalue weighted by molar-refractivity contribution is 0.0952. The number of hydrogen-bond donors (Lipinski definition) is 1. The molecule has 1 saturated heterocycles. The van der Waals surface area contributed by atoms with Gasteiger partial charge in [0.25, 0.3) is 0 Å². The van der Waals surface area contributed by atoms with Crippen LogP contribution in [0, 0.1) is 5.92 Å². The van der Waals surface area contributed by atoms with Gasteiger partial charge in [0.05, 0.1) is 6.10 Å². The number of carbonyl (C=O) groups excluding carboxylic acids is 1. The van der Waals surface area contributed by atoms with Crippen LogP contribution in [0.5, 0.6) is 5.75 Å². The van der Waals surface area contributed by atoms with Gasteiger partial charge >= 0.3 is 0 Å². The van der Waals surface area contributed by atoms with Gasteiger partial charge in [-0.25, -0.2) is 0 Å². The summed E-state index contributed by atoms with van der Waals surface area (Å²) in [5, 5.41) is 3.33. The van der Waals surface area contributed by atoms with Gasteiger partial charge in [-0.3, -0.25) is 4.79 Å². The Labute approximate surface area is 114 Å². The van der Waals surface area contributed by atoms with Crippen molar-refractivity contribution >= 4 is 5.78 Å². The molecular weight excluding hydrogens is 238 g/mol. The van der Waals surface area contributed by atoms with E-state index in [1.165, 1.54) is 0 Å². The van der Waals surface area contributed by atoms with E-state index in [9.17, 15) is 4.79 Å². The predicted octanol–water partition coefficient (Wildman–Crippen LogP) is 2.80. The van der Waals surface area contributed by atoms with E-state index in [0.29, 0.717) is 18.4 Å². The van der Waals surface area contributed by atoms with Crippen LogP contribution >= 0.6 is 0 Å². The molecule has 2 fully saturated rings. The first-order valence-electron chi connectivity index (χ1n) is 7.32. The molecule has 3 rings (SSSR count). The van der Waals surface area contributed by atoms with Crippen molar-refractivity contribution in [2.45, 2.75) is 38.2 Å². The molecule has 0 amide bonds. The molecule has 0 atom stereocenters. The molecule has 2 aliphatic rings. The number of rotatable bonds is 5. The Bertz CT molecular complexity index is 431. The summed E-state index contributed by atoms with van der Waals surface area (Å²) in [5.74, 6) is 1.71. The van der Waals surface area contributed by atoms with E-state index in [2.05, 4.69) is 5.32 Å². The molecule has 1 aromatic carbocycles. The van der Waals surface area contributed by atoms with Crippen LogP contribution in [0.4, 0.5) is 0 Å². The molecule has 0 radical (unpaired) electrons. The molecule has 0 bridgehead atoms. The third-order valence-electron chi connectivity index (χ3n) is 3.94. The van der Waals surface area contributed by atoms with Gasteiger partial charge in [0, 0.05) is 12.0 Å². The molecule has 1 heterocycles. The zero-order chi connectivity index (χ0) is 13.1. The Morgan fingerprint density at radius 2 is 1.79 bits per heavy atom. The van der Waals surface area contributed by atoms with Crippen molar-refractivity contribution in [1.29, 1.82) is 0 Å². The van der Waals surface area contributed by atoms with Gasteiger partial charge in [-0.1, -0.05) is 0 Å². The zero-order valence-electron chi connectivity index (χ0n) is 11.2. The highest BCUT2D eigenvalue weighted by molar-refractivity contribution is 5.96. The molecular formula is C16H21NO2. The predicted molar refractivity (Wildman–Crippen MR) is 74.6 cm³/mol. The van der Waals surface area contributed by atoms with Gasteiger partial charge in [0.1, 0.15) is 5.75 Å². The minimum atomic E-state index is 0.268. The standard InChI is InChI=1S/C16H21NO2/c18-16(11-12-7-9-17-10-8-12)13-1-3-14(4-2-13)19-15-5-6-15/h1-4,12,15,17H,5-11H2. The lowest BCUT2D eigenvalue weighted by atomic mass is 9.91. The summed E-state index contributed by atoms with van der Waals surface area (Å²) in [6.45, 7) is 2.10. The van der Waals surface area contributed by atoms with E-state index >= 15 is 0 Å². The van der Waals surface area contributed by atoms with E-state index < -0.39 is 0 Å². The lowest BCUT2D eigenvalue weighted by Gasteiger charge is -2.21. The van der Waals surface area contributed by atoms with Crippen molar-refractivity contribution in [2.24, 2.45) is 5.92 Å². The SMILES string of the molecule is O=C(CC1CCNCC1)c1ccc(OC2CC2)cc1. The van der Waals surface area contributed by atoms with Crippen molar-refractivity contribution in [3.63, 3.8) is 0 Å². The summed E-state index contributed by atoms with van der Waals surface area (Å²) in [4.78, 5) is 12.2. The zero-order valence-corrected chi connectivity index (χ0v) is 11.2. The highest BCUT2D eigenvalue weighted by Gasteiger charge is 2.23. The van der Waals surface area contributed by atoms with Gasteiger partial charge in [0.15, 0.2) is 5.78 Å². The Morgan fingerprint density at radius 1 is 1.11 bits per heavy atom. The van der Waals surface area contributed by atoms with Gasteiger partial charge in [-0.05, 0) is 69.0 Å². The maximum atomic E-state index is 12.2. The maximum Gasteiger partial charge on any atom is 0.163 e. The number of hydrogen-bond acceptors (Lipinski definition) is 3. The number of piperidine rings is 1. The van der Waals surface area contributed by atoms with E-state index in [1.807, 2.05) is 24.3 Å². The van der Waals surface area contributed by atoms with Crippen molar-refractivity contribution in [2.75, 3.05) is 13.1 Å². The average Bonchev–Trinajstić information content (AvgIpc) is 3.25. The minimum absolute atomic E-state index is 0.268. The average molecular weight is 259 g/mol. The highest BCUT2D eigenvalue weighted by Crippen LogP contribution is 2.27. The van der Waals surface area contributed by atoms with Crippen LogP contribution in [-0.4, -0.2) is 25.0 Å². The molecule has 102 valence electrons. The van der Waals surface area contributed by atoms with Crippen LogP contribution in [0.25, 0.3) is 0 Å². The van der Waals surface area contributed by atoms with Crippen LogP contribution in [0.1, 0.15) is 42.5 Å². The minimum Gasteiger partial charge on any atom is -0.490 e. The Hall–Kier alpha value is -1.35. The maximum absolute atomic E-state index is 12.2. The summed E-state index contributed by atoms with van der Waals surface area (Å²) in [5.41, 5.74) is 0.821. The molecule has 1 aliphatic carbocycles. The molecule has 1 N–H and O–H groups in total. The fraction of sp³-hybridized carbons (Fsp3) is 0.562. The number of ketones is 1. The third-order valence-corrected chi connectivity index (χ3v) is 3.94. The first kappa shape index (κ1) is 12.7. The van der Waals surface area contributed by atoms with E-state index in [-0.39, 0.29) is 5.78 Å². The van der Waals surface area contributed by atoms with E-state index in [4.69, 9.17) is 4.74 Å². The summed E-state index contributed by atoms with van der Waals surface area (Å²) in [6, 6.07) is 7.66. The van der Waals surface area contributed by atoms with Crippen molar-refractivity contribution in [1.82, 2.24) is 5.32 Å². The summed E-state index contributed by atoms with van der Waals surface area (Å²) >= 11 is 0. The van der Waals surface area contributed by atoms with Crippen LogP contribution in [-0.2, 0) is 0 Å². The monoisotopic (exact) mass is 259 g/mol. The van der Waals surface area contributed by atoms with Gasteiger partial charge in [0.2, 0.25) is 0 Å². The van der Waals surface area contributed by atoms with Crippen molar-refractivity contribution < 1.29 is 9.53 Å². The fourth-order valence-electron chi connectivity index (χ4n) is 2.56. The highest BCUT2D eigenvalue weighted by atomic mass is 16.5. The van der Waals surface area contributed by atoms with E-state index in [1.54, 1.807) is 0 Å². The summed E-state index contributed by atoms with van der Waals surface area (Å²) in [7, 11) is 0. The van der Waals surface area contributed by atoms with E-state index in [0.717, 1.165) is 50.1 Å². The summed E-state index contributed by atoms with van der Waals surface area (Å²) in [6.07, 6.45) is 5.66. The van der Waals surface area contributed by atoms with Crippen LogP contribution < -0.4 is 10.1 Å². The molecule has 1 saturated carbocycles. The molecule has 3 heteroatoms. The number of Topliss-reactive ketones (excluding diaryl/α,β-unsaturated/α-hetero) is 1. The fourth-order valence-corrected chi connectivity index (χ4v) is 2.56. The molecule has 0 aromatic heterocycles. The quantitative estimate of drug-likeness (QED) is 0.826. The van der Waals surface area contributed by atoms with Gasteiger partial charge in [-0.2, -0.15) is 0 Å². The van der Waals surface area contributed by atoms with Crippen LogP contribution in [0.15, 0.2) is 24.3 Å². The molecule has 1 aliphatic heterocycles. The molecule has 3 nitrogen and oxygen atoms in total. The number of benzene rings is 1. The lowest BCUT2D eigenvalue weighted by Crippen LogP contribution is -2.28. The van der Waals surface area contributed by atoms with Gasteiger partial charge < -0.3 is 10.1 Å². The largest absolute Gasteiger partial charge is 0.490 e. The Balaban J connectivity index is 1.55. The number of ether oxygens (including phenoxy) is 1. The third kappa shape index (κ3) is 3.57. The summed E-state index contributed by atoms with van der Waals surface area (Å²) < 4.78 is 5.69. The number of nitrogens with one attached hydrogen (secondary N) is 1. The Kier molecular flexibility index (Phi) is 3.83. The smallest absolute Gasteiger partial charge is 0.163 e. The molecule has 1 aromatic rings. The van der Waals surface area contributed by atoms with Crippen molar-refractivity contribution in [3.8, 4) is 5.75 Å². The normalized spacial score (nSPS) is 20.2. The van der Waals surface area contributed by atoms with Crippen LogP contribution in [0.2, 0.25) is 0 Å². The topological polar surface area (TPSA) is 38.3 Å². The Morgan fingerprint density at radius 3 is 2.42 bits per heavy atom. The molecule has 19 heavy (non-hydrogen) atoms. The second-order valence-electron chi connectivity index (χ2n) is 5.66. The molecule has 0 spiro atoms. The first-order chi connectivity index (χ1) is 9.31. The van der Waals surface area contributed by atoms with Crippen molar-refractivity contribution in [3.05, 3.63) is 29.8 Å².